The van der Waals surface area contributed by atoms with Crippen LogP contribution in [0.4, 0.5) is 9.59 Å². The summed E-state index contributed by atoms with van der Waals surface area (Å²) in [7, 11) is 0. The molecular weight excluding hydrogens is 516 g/mol. The summed E-state index contributed by atoms with van der Waals surface area (Å²) in [5, 5.41) is 5.35. The number of benzene rings is 2. The van der Waals surface area contributed by atoms with Gasteiger partial charge in [-0.15, -0.1) is 0 Å². The fourth-order valence-corrected chi connectivity index (χ4v) is 4.18. The Morgan fingerprint density at radius 2 is 1.07 bits per heavy atom. The van der Waals surface area contributed by atoms with E-state index in [9.17, 15) is 9.59 Å². The van der Waals surface area contributed by atoms with Crippen molar-refractivity contribution in [1.29, 1.82) is 0 Å². The van der Waals surface area contributed by atoms with Crippen LogP contribution in [0.15, 0.2) is 48.5 Å². The highest BCUT2D eigenvalue weighted by Crippen LogP contribution is 2.44. The molecule has 2 amide bonds. The van der Waals surface area contributed by atoms with Gasteiger partial charge in [0.25, 0.3) is 0 Å². The van der Waals surface area contributed by atoms with Gasteiger partial charge >= 0.3 is 12.2 Å². The molecule has 0 aliphatic heterocycles. The van der Waals surface area contributed by atoms with E-state index in [1.807, 2.05) is 45.0 Å². The van der Waals surface area contributed by atoms with Crippen LogP contribution in [-0.2, 0) is 28.4 Å². The van der Waals surface area contributed by atoms with Crippen LogP contribution in [0.3, 0.4) is 0 Å². The van der Waals surface area contributed by atoms with Crippen molar-refractivity contribution in [3.8, 4) is 11.1 Å². The van der Waals surface area contributed by atoms with Crippen molar-refractivity contribution in [3.05, 3.63) is 59.7 Å². The summed E-state index contributed by atoms with van der Waals surface area (Å²) in [6, 6.07) is 16.5. The monoisotopic (exact) mass is 558 g/mol. The number of carbonyl (C=O) groups excluding carboxylic acids is 2. The average Bonchev–Trinajstić information content (AvgIpc) is 3.24. The summed E-state index contributed by atoms with van der Waals surface area (Å²) in [6.45, 7) is 9.80. The Bertz CT molecular complexity index is 1010. The minimum atomic E-state index is -0.516. The first-order valence-electron chi connectivity index (χ1n) is 13.7. The predicted octanol–water partition coefficient (Wildman–Crippen LogP) is 4.12. The van der Waals surface area contributed by atoms with Gasteiger partial charge in [0.2, 0.25) is 0 Å². The fourth-order valence-electron chi connectivity index (χ4n) is 4.18. The van der Waals surface area contributed by atoms with Gasteiger partial charge in [-0.1, -0.05) is 48.5 Å². The number of nitrogens with one attached hydrogen (secondary N) is 2. The number of hydrogen-bond acceptors (Lipinski definition) is 8. The molecule has 0 saturated carbocycles. The number of ether oxygens (including phenoxy) is 6. The molecule has 10 nitrogen and oxygen atoms in total. The summed E-state index contributed by atoms with van der Waals surface area (Å²) in [5.74, 6) is 0.0381. The largest absolute Gasteiger partial charge is 0.449 e. The lowest BCUT2D eigenvalue weighted by Gasteiger charge is -2.19. The maximum absolute atomic E-state index is 12.2. The zero-order valence-corrected chi connectivity index (χ0v) is 23.7. The first kappa shape index (κ1) is 31.3. The zero-order valence-electron chi connectivity index (χ0n) is 23.7. The molecule has 220 valence electrons. The predicted molar refractivity (Wildman–Crippen MR) is 151 cm³/mol. The quantitative estimate of drug-likeness (QED) is 0.279. The fraction of sp³-hybridized carbons (Fsp3) is 0.533. The van der Waals surface area contributed by atoms with Gasteiger partial charge in [-0.05, 0) is 43.0 Å². The van der Waals surface area contributed by atoms with Crippen molar-refractivity contribution >= 4 is 12.2 Å². The molecule has 0 fully saturated rings. The maximum Gasteiger partial charge on any atom is 0.407 e. The number of alkyl carbamates (subject to hydrolysis) is 2. The topological polar surface area (TPSA) is 114 Å². The molecule has 0 atom stereocenters. The van der Waals surface area contributed by atoms with Crippen LogP contribution in [0.2, 0.25) is 0 Å². The Morgan fingerprint density at radius 1 is 0.650 bits per heavy atom. The molecule has 1 aliphatic carbocycles. The lowest BCUT2D eigenvalue weighted by Crippen LogP contribution is -2.34. The lowest BCUT2D eigenvalue weighted by molar-refractivity contribution is -0.00148. The van der Waals surface area contributed by atoms with Crippen molar-refractivity contribution in [1.82, 2.24) is 10.6 Å². The van der Waals surface area contributed by atoms with E-state index in [4.69, 9.17) is 28.4 Å². The standard InChI is InChI=1S/C30H42N2O8/c1-30(2,3)40-29(34)32-13-15-36-17-19-38-21-20-37-18-16-35-14-12-31-28(33)39-22-27-25-10-6-4-8-23(25)24-9-5-7-11-26(24)27/h4-11,27H,12-22H2,1-3H3,(H,31,33)(H,32,34). The van der Waals surface area contributed by atoms with Crippen LogP contribution in [-0.4, -0.2) is 90.3 Å². The van der Waals surface area contributed by atoms with E-state index in [2.05, 4.69) is 34.9 Å². The van der Waals surface area contributed by atoms with Gasteiger partial charge < -0.3 is 39.1 Å². The Hall–Kier alpha value is -3.18. The van der Waals surface area contributed by atoms with E-state index in [0.717, 1.165) is 0 Å². The van der Waals surface area contributed by atoms with Crippen LogP contribution in [0.25, 0.3) is 11.1 Å². The zero-order chi connectivity index (χ0) is 28.6. The molecule has 3 rings (SSSR count). The van der Waals surface area contributed by atoms with E-state index < -0.39 is 17.8 Å². The normalized spacial score (nSPS) is 12.5. The first-order chi connectivity index (χ1) is 19.3. The average molecular weight is 559 g/mol. The van der Waals surface area contributed by atoms with Crippen molar-refractivity contribution in [2.45, 2.75) is 32.3 Å². The molecule has 0 saturated heterocycles. The molecule has 0 bridgehead atoms. The molecule has 0 heterocycles. The van der Waals surface area contributed by atoms with E-state index in [1.165, 1.54) is 22.3 Å². The van der Waals surface area contributed by atoms with E-state index >= 15 is 0 Å². The van der Waals surface area contributed by atoms with Gasteiger partial charge in [-0.3, -0.25) is 0 Å². The lowest BCUT2D eigenvalue weighted by atomic mass is 9.98. The van der Waals surface area contributed by atoms with Gasteiger partial charge in [-0.25, -0.2) is 9.59 Å². The summed E-state index contributed by atoms with van der Waals surface area (Å²) in [4.78, 5) is 23.7. The second-order valence-corrected chi connectivity index (χ2v) is 10.1. The van der Waals surface area contributed by atoms with Crippen molar-refractivity contribution in [3.63, 3.8) is 0 Å². The van der Waals surface area contributed by atoms with Crippen LogP contribution in [0, 0.1) is 0 Å². The van der Waals surface area contributed by atoms with Gasteiger partial charge in [0.05, 0.1) is 52.9 Å². The molecule has 2 aromatic carbocycles. The minimum Gasteiger partial charge on any atom is -0.449 e. The highest BCUT2D eigenvalue weighted by molar-refractivity contribution is 5.79. The molecule has 0 spiro atoms. The summed E-state index contributed by atoms with van der Waals surface area (Å²) < 4.78 is 32.4. The third kappa shape index (κ3) is 11.1. The van der Waals surface area contributed by atoms with Crippen LogP contribution < -0.4 is 10.6 Å². The van der Waals surface area contributed by atoms with Crippen LogP contribution in [0.1, 0.15) is 37.8 Å². The number of rotatable bonds is 17. The first-order valence-corrected chi connectivity index (χ1v) is 13.7. The van der Waals surface area contributed by atoms with Crippen molar-refractivity contribution in [2.75, 3.05) is 72.6 Å². The van der Waals surface area contributed by atoms with E-state index in [1.54, 1.807) is 0 Å². The number of carbonyl (C=O) groups is 2. The highest BCUT2D eigenvalue weighted by Gasteiger charge is 2.28. The van der Waals surface area contributed by atoms with E-state index in [-0.39, 0.29) is 12.5 Å². The van der Waals surface area contributed by atoms with Gasteiger partial charge in [0.15, 0.2) is 0 Å². The second kappa shape index (κ2) is 16.8. The molecule has 0 radical (unpaired) electrons. The number of hydrogen-bond donors (Lipinski definition) is 2. The molecule has 10 heteroatoms. The number of fused-ring (bicyclic) bond motifs is 3. The molecule has 0 aromatic heterocycles. The Kier molecular flexibility index (Phi) is 13.2. The number of amides is 2. The minimum absolute atomic E-state index is 0.0381. The van der Waals surface area contributed by atoms with Gasteiger partial charge in [0.1, 0.15) is 12.2 Å². The molecular formula is C30H42N2O8. The Labute approximate surface area is 236 Å². The highest BCUT2D eigenvalue weighted by atomic mass is 16.6. The van der Waals surface area contributed by atoms with Gasteiger partial charge in [-0.2, -0.15) is 0 Å². The summed E-state index contributed by atoms with van der Waals surface area (Å²) in [6.07, 6.45) is -0.914. The molecule has 2 N–H and O–H groups in total. The smallest absolute Gasteiger partial charge is 0.407 e. The van der Waals surface area contributed by atoms with Crippen molar-refractivity contribution < 1.29 is 38.0 Å². The van der Waals surface area contributed by atoms with E-state index in [0.29, 0.717) is 65.9 Å². The van der Waals surface area contributed by atoms with Crippen molar-refractivity contribution in [2.24, 2.45) is 0 Å². The van der Waals surface area contributed by atoms with Crippen LogP contribution >= 0.6 is 0 Å². The molecule has 40 heavy (non-hydrogen) atoms. The molecule has 1 aliphatic rings. The molecule has 0 unspecified atom stereocenters. The van der Waals surface area contributed by atoms with Gasteiger partial charge in [0, 0.05) is 19.0 Å². The molecule has 2 aromatic rings. The second-order valence-electron chi connectivity index (χ2n) is 10.1. The van der Waals surface area contributed by atoms with Crippen LogP contribution in [0.5, 0.6) is 0 Å². The summed E-state index contributed by atoms with van der Waals surface area (Å²) >= 11 is 0. The Balaban J connectivity index is 1.10. The maximum atomic E-state index is 12.2. The SMILES string of the molecule is CC(C)(C)OC(=O)NCCOCCOCCOCCOCCNC(=O)OCC1c2ccccc2-c2ccccc21. The Morgan fingerprint density at radius 3 is 1.55 bits per heavy atom. The third-order valence-corrected chi connectivity index (χ3v) is 5.89. The third-order valence-electron chi connectivity index (χ3n) is 5.89. The summed E-state index contributed by atoms with van der Waals surface area (Å²) in [5.41, 5.74) is 4.25.